The van der Waals surface area contributed by atoms with Gasteiger partial charge in [-0.1, -0.05) is 53.4 Å². The van der Waals surface area contributed by atoms with E-state index >= 15 is 0 Å². The van der Waals surface area contributed by atoms with Gasteiger partial charge in [0.2, 0.25) is 5.13 Å². The summed E-state index contributed by atoms with van der Waals surface area (Å²) >= 11 is 3.14. The van der Waals surface area contributed by atoms with Crippen molar-refractivity contribution < 1.29 is 9.13 Å². The smallest absolute Gasteiger partial charge is 0.206 e. The summed E-state index contributed by atoms with van der Waals surface area (Å²) in [5.74, 6) is 1.46. The Kier molecular flexibility index (Phi) is 6.25. The van der Waals surface area contributed by atoms with E-state index in [2.05, 4.69) is 21.6 Å². The van der Waals surface area contributed by atoms with E-state index in [9.17, 15) is 4.39 Å². The van der Waals surface area contributed by atoms with Crippen LogP contribution in [0.25, 0.3) is 0 Å². The van der Waals surface area contributed by atoms with Gasteiger partial charge in [0.1, 0.15) is 11.6 Å². The third kappa shape index (κ3) is 5.17. The summed E-state index contributed by atoms with van der Waals surface area (Å²) < 4.78 is 19.4. The summed E-state index contributed by atoms with van der Waals surface area (Å²) in [6.07, 6.45) is 0. The van der Waals surface area contributed by atoms with Gasteiger partial charge in [-0.25, -0.2) is 4.39 Å². The summed E-state index contributed by atoms with van der Waals surface area (Å²) in [5, 5.41) is 12.3. The monoisotopic (exact) mass is 375 g/mol. The molecule has 3 rings (SSSR count). The van der Waals surface area contributed by atoms with Crippen molar-refractivity contribution in [3.05, 3.63) is 65.5 Å². The minimum Gasteiger partial charge on any atom is -0.494 e. The lowest BCUT2D eigenvalue weighted by Gasteiger charge is -2.08. The largest absolute Gasteiger partial charge is 0.494 e. The quantitative estimate of drug-likeness (QED) is 0.563. The Balaban J connectivity index is 1.54. The van der Waals surface area contributed by atoms with Crippen molar-refractivity contribution >= 4 is 28.2 Å². The lowest BCUT2D eigenvalue weighted by Crippen LogP contribution is -1.98. The van der Waals surface area contributed by atoms with Crippen LogP contribution in [0.1, 0.15) is 18.1 Å². The minimum absolute atomic E-state index is 0.231. The highest BCUT2D eigenvalue weighted by atomic mass is 32.2. The Bertz CT molecular complexity index is 808. The summed E-state index contributed by atoms with van der Waals surface area (Å²) in [6, 6.07) is 14.4. The van der Waals surface area contributed by atoms with E-state index in [1.165, 1.54) is 23.5 Å². The number of nitrogens with one attached hydrogen (secondary N) is 1. The Morgan fingerprint density at radius 2 is 1.92 bits per heavy atom. The number of halogens is 1. The minimum atomic E-state index is -0.231. The van der Waals surface area contributed by atoms with Crippen LogP contribution in [0.3, 0.4) is 0 Å². The highest BCUT2D eigenvalue weighted by Crippen LogP contribution is 2.31. The maximum Gasteiger partial charge on any atom is 0.206 e. The predicted molar refractivity (Wildman–Crippen MR) is 101 cm³/mol. The van der Waals surface area contributed by atoms with Gasteiger partial charge in [-0.05, 0) is 30.7 Å². The zero-order valence-electron chi connectivity index (χ0n) is 13.7. The molecule has 0 aliphatic carbocycles. The van der Waals surface area contributed by atoms with Crippen LogP contribution in [0.5, 0.6) is 5.75 Å². The molecular weight excluding hydrogens is 357 g/mol. The molecule has 0 fully saturated rings. The van der Waals surface area contributed by atoms with E-state index in [4.69, 9.17) is 4.74 Å². The molecule has 0 saturated carbocycles. The standard InChI is InChI=1S/C18H18FN3OS2/c1-2-23-16-6-4-3-5-14(16)12-24-18-22-21-17(25-18)20-11-13-7-9-15(19)10-8-13/h3-10H,2,11-12H2,1H3,(H,20,21). The van der Waals surface area contributed by atoms with Crippen LogP contribution in [-0.2, 0) is 12.3 Å². The molecule has 0 unspecified atom stereocenters. The molecule has 130 valence electrons. The van der Waals surface area contributed by atoms with Crippen LogP contribution in [0.15, 0.2) is 52.9 Å². The molecule has 25 heavy (non-hydrogen) atoms. The first-order valence-corrected chi connectivity index (χ1v) is 9.70. The highest BCUT2D eigenvalue weighted by molar-refractivity contribution is 8.00. The van der Waals surface area contributed by atoms with Gasteiger partial charge in [0.15, 0.2) is 4.34 Å². The molecule has 0 radical (unpaired) electrons. The van der Waals surface area contributed by atoms with Crippen LogP contribution >= 0.6 is 23.1 Å². The number of aromatic nitrogens is 2. The molecular formula is C18H18FN3OS2. The lowest BCUT2D eigenvalue weighted by molar-refractivity contribution is 0.337. The van der Waals surface area contributed by atoms with Crippen molar-refractivity contribution in [1.82, 2.24) is 10.2 Å². The predicted octanol–water partition coefficient (Wildman–Crippen LogP) is 4.98. The average Bonchev–Trinajstić information content (AvgIpc) is 3.09. The molecule has 0 aliphatic rings. The van der Waals surface area contributed by atoms with Crippen LogP contribution in [0.2, 0.25) is 0 Å². The molecule has 0 bridgehead atoms. The number of benzene rings is 2. The number of hydrogen-bond acceptors (Lipinski definition) is 6. The molecule has 1 aromatic heterocycles. The fourth-order valence-electron chi connectivity index (χ4n) is 2.18. The number of ether oxygens (including phenoxy) is 1. The number of hydrogen-bond donors (Lipinski definition) is 1. The van der Waals surface area contributed by atoms with Crippen LogP contribution in [0, 0.1) is 5.82 Å². The van der Waals surface area contributed by atoms with E-state index in [0.717, 1.165) is 32.1 Å². The zero-order valence-corrected chi connectivity index (χ0v) is 15.4. The summed E-state index contributed by atoms with van der Waals surface area (Å²) in [5.41, 5.74) is 2.14. The molecule has 2 aromatic carbocycles. The van der Waals surface area contributed by atoms with Crippen LogP contribution < -0.4 is 10.1 Å². The second kappa shape index (κ2) is 8.82. The van der Waals surface area contributed by atoms with E-state index < -0.39 is 0 Å². The fourth-order valence-corrected chi connectivity index (χ4v) is 3.92. The summed E-state index contributed by atoms with van der Waals surface area (Å²) in [6.45, 7) is 3.22. The fraction of sp³-hybridized carbons (Fsp3) is 0.222. The Morgan fingerprint density at radius 3 is 2.72 bits per heavy atom. The molecule has 0 amide bonds. The third-order valence-corrected chi connectivity index (χ3v) is 5.45. The topological polar surface area (TPSA) is 47.0 Å². The zero-order chi connectivity index (χ0) is 17.5. The molecule has 0 aliphatic heterocycles. The van der Waals surface area contributed by atoms with Gasteiger partial charge in [0.25, 0.3) is 0 Å². The van der Waals surface area contributed by atoms with Gasteiger partial charge in [-0.2, -0.15) is 0 Å². The number of rotatable bonds is 8. The van der Waals surface area contributed by atoms with E-state index in [-0.39, 0.29) is 5.82 Å². The summed E-state index contributed by atoms with van der Waals surface area (Å²) in [7, 11) is 0. The third-order valence-electron chi connectivity index (χ3n) is 3.39. The van der Waals surface area contributed by atoms with Crippen molar-refractivity contribution in [2.75, 3.05) is 11.9 Å². The van der Waals surface area contributed by atoms with Crippen molar-refractivity contribution in [3.8, 4) is 5.75 Å². The maximum atomic E-state index is 12.9. The van der Waals surface area contributed by atoms with Gasteiger partial charge in [0.05, 0.1) is 6.61 Å². The van der Waals surface area contributed by atoms with Crippen molar-refractivity contribution in [1.29, 1.82) is 0 Å². The molecule has 0 saturated heterocycles. The van der Waals surface area contributed by atoms with E-state index in [1.807, 2.05) is 25.1 Å². The summed E-state index contributed by atoms with van der Waals surface area (Å²) in [4.78, 5) is 0. The maximum absolute atomic E-state index is 12.9. The van der Waals surface area contributed by atoms with Gasteiger partial charge in [-0.15, -0.1) is 10.2 Å². The first kappa shape index (κ1) is 17.7. The molecule has 0 atom stereocenters. The number of thioether (sulfide) groups is 1. The number of anilines is 1. The van der Waals surface area contributed by atoms with Gasteiger partial charge in [-0.3, -0.25) is 0 Å². The molecule has 3 aromatic rings. The van der Waals surface area contributed by atoms with Crippen molar-refractivity contribution in [2.45, 2.75) is 23.6 Å². The first-order valence-electron chi connectivity index (χ1n) is 7.90. The molecule has 7 heteroatoms. The Hall–Kier alpha value is -2.12. The van der Waals surface area contributed by atoms with Gasteiger partial charge in [0, 0.05) is 17.9 Å². The molecule has 4 nitrogen and oxygen atoms in total. The number of nitrogens with zero attached hydrogens (tertiary/aromatic N) is 2. The van der Waals surface area contributed by atoms with Gasteiger partial charge >= 0.3 is 0 Å². The second-order valence-corrected chi connectivity index (χ2v) is 7.38. The van der Waals surface area contributed by atoms with Crippen molar-refractivity contribution in [3.63, 3.8) is 0 Å². The molecule has 1 heterocycles. The van der Waals surface area contributed by atoms with Crippen LogP contribution in [-0.4, -0.2) is 16.8 Å². The molecule has 1 N–H and O–H groups in total. The van der Waals surface area contributed by atoms with Gasteiger partial charge < -0.3 is 10.1 Å². The SMILES string of the molecule is CCOc1ccccc1CSc1nnc(NCc2ccc(F)cc2)s1. The van der Waals surface area contributed by atoms with Crippen LogP contribution in [0.4, 0.5) is 9.52 Å². The molecule has 0 spiro atoms. The second-order valence-electron chi connectivity index (χ2n) is 5.18. The normalized spacial score (nSPS) is 10.6. The first-order chi connectivity index (χ1) is 12.2. The van der Waals surface area contributed by atoms with E-state index in [1.54, 1.807) is 23.9 Å². The van der Waals surface area contributed by atoms with E-state index in [0.29, 0.717) is 13.2 Å². The van der Waals surface area contributed by atoms with Crippen molar-refractivity contribution in [2.24, 2.45) is 0 Å². The Morgan fingerprint density at radius 1 is 1.12 bits per heavy atom. The average molecular weight is 375 g/mol. The lowest BCUT2D eigenvalue weighted by atomic mass is 10.2. The number of para-hydroxylation sites is 1. The Labute approximate surface area is 154 Å². The highest BCUT2D eigenvalue weighted by Gasteiger charge is 2.08.